The monoisotopic (exact) mass is 320 g/mol. The fourth-order valence-corrected chi connectivity index (χ4v) is 2.40. The van der Waals surface area contributed by atoms with Gasteiger partial charge in [-0.1, -0.05) is 41.9 Å². The zero-order chi connectivity index (χ0) is 16.1. The molecular formula is C19H13ClN2O. The Morgan fingerprint density at radius 2 is 1.91 bits per heavy atom. The molecule has 0 fully saturated rings. The van der Waals surface area contributed by atoms with Gasteiger partial charge in [-0.2, -0.15) is 5.26 Å². The molecule has 0 unspecified atom stereocenters. The summed E-state index contributed by atoms with van der Waals surface area (Å²) in [5.74, 6) is 0.675. The van der Waals surface area contributed by atoms with Gasteiger partial charge in [-0.15, -0.1) is 0 Å². The minimum atomic E-state index is 0.0254. The molecule has 112 valence electrons. The number of hydrogen-bond donors (Lipinski definition) is 0. The summed E-state index contributed by atoms with van der Waals surface area (Å²) in [7, 11) is 0. The number of ether oxygens (including phenoxy) is 1. The van der Waals surface area contributed by atoms with Crippen molar-refractivity contribution in [2.45, 2.75) is 0 Å². The number of fused-ring (bicyclic) bond motifs is 1. The van der Waals surface area contributed by atoms with Crippen LogP contribution in [0.25, 0.3) is 23.1 Å². The number of halogens is 1. The number of hydrogen-bond acceptors (Lipinski definition) is 3. The first-order valence-electron chi connectivity index (χ1n) is 7.09. The third kappa shape index (κ3) is 3.68. The number of aromatic nitrogens is 1. The molecule has 23 heavy (non-hydrogen) atoms. The van der Waals surface area contributed by atoms with E-state index < -0.39 is 0 Å². The van der Waals surface area contributed by atoms with Crippen molar-refractivity contribution in [1.82, 2.24) is 4.98 Å². The van der Waals surface area contributed by atoms with Crippen molar-refractivity contribution in [2.24, 2.45) is 0 Å². The van der Waals surface area contributed by atoms with Crippen molar-refractivity contribution < 1.29 is 4.74 Å². The van der Waals surface area contributed by atoms with E-state index in [1.807, 2.05) is 72.8 Å². The molecular weight excluding hydrogens is 308 g/mol. The lowest BCUT2D eigenvalue weighted by Crippen LogP contribution is -1.95. The summed E-state index contributed by atoms with van der Waals surface area (Å²) in [6.45, 7) is 0.0254. The number of benzene rings is 2. The second kappa shape index (κ2) is 6.95. The molecule has 0 aliphatic carbocycles. The lowest BCUT2D eigenvalue weighted by atomic mass is 10.1. The maximum absolute atomic E-state index is 8.64. The number of nitrogens with zero attached hydrogens (tertiary/aromatic N) is 2. The van der Waals surface area contributed by atoms with Crippen molar-refractivity contribution in [1.29, 1.82) is 5.26 Å². The Hall–Kier alpha value is -2.83. The normalized spacial score (nSPS) is 10.8. The number of pyridine rings is 1. The van der Waals surface area contributed by atoms with Gasteiger partial charge in [-0.25, -0.2) is 4.98 Å². The lowest BCUT2D eigenvalue weighted by molar-refractivity contribution is 0.367. The van der Waals surface area contributed by atoms with Crippen LogP contribution in [0.4, 0.5) is 0 Å². The molecule has 2 aromatic carbocycles. The highest BCUT2D eigenvalue weighted by molar-refractivity contribution is 6.31. The van der Waals surface area contributed by atoms with E-state index in [2.05, 4.69) is 4.98 Å². The van der Waals surface area contributed by atoms with Crippen molar-refractivity contribution in [3.05, 3.63) is 70.9 Å². The first-order chi connectivity index (χ1) is 11.3. The van der Waals surface area contributed by atoms with E-state index in [0.717, 1.165) is 22.2 Å². The molecule has 3 nitrogen and oxygen atoms in total. The highest BCUT2D eigenvalue weighted by Gasteiger charge is 2.00. The maximum Gasteiger partial charge on any atom is 0.174 e. The van der Waals surface area contributed by atoms with Gasteiger partial charge in [-0.3, -0.25) is 0 Å². The van der Waals surface area contributed by atoms with Gasteiger partial charge in [-0.05, 0) is 36.4 Å². The number of nitriles is 1. The summed E-state index contributed by atoms with van der Waals surface area (Å²) in [4.78, 5) is 4.58. The van der Waals surface area contributed by atoms with Crippen molar-refractivity contribution in [3.63, 3.8) is 0 Å². The van der Waals surface area contributed by atoms with Crippen LogP contribution in [0, 0.1) is 11.3 Å². The van der Waals surface area contributed by atoms with Gasteiger partial charge in [0.2, 0.25) is 0 Å². The molecule has 0 atom stereocenters. The van der Waals surface area contributed by atoms with E-state index >= 15 is 0 Å². The number of para-hydroxylation sites is 1. The van der Waals surface area contributed by atoms with Crippen LogP contribution >= 0.6 is 11.6 Å². The molecule has 0 saturated heterocycles. The van der Waals surface area contributed by atoms with Gasteiger partial charge in [0, 0.05) is 16.0 Å². The van der Waals surface area contributed by atoms with Gasteiger partial charge >= 0.3 is 0 Å². The van der Waals surface area contributed by atoms with Crippen LogP contribution in [0.3, 0.4) is 0 Å². The molecule has 0 spiro atoms. The molecule has 1 aromatic heterocycles. The van der Waals surface area contributed by atoms with Crippen molar-refractivity contribution in [2.75, 3.05) is 6.61 Å². The van der Waals surface area contributed by atoms with Gasteiger partial charge in [0.25, 0.3) is 0 Å². The van der Waals surface area contributed by atoms with E-state index in [0.29, 0.717) is 10.8 Å². The molecule has 1 heterocycles. The average Bonchev–Trinajstić information content (AvgIpc) is 2.58. The topological polar surface area (TPSA) is 45.9 Å². The Bertz CT molecular complexity index is 913. The molecule has 0 bridgehead atoms. The van der Waals surface area contributed by atoms with Gasteiger partial charge in [0.1, 0.15) is 11.8 Å². The van der Waals surface area contributed by atoms with Crippen molar-refractivity contribution in [3.8, 4) is 11.8 Å². The molecule has 0 saturated carbocycles. The summed E-state index contributed by atoms with van der Waals surface area (Å²) in [6.07, 6.45) is 3.83. The minimum Gasteiger partial charge on any atom is -0.478 e. The summed E-state index contributed by atoms with van der Waals surface area (Å²) in [5.41, 5.74) is 2.58. The smallest absolute Gasteiger partial charge is 0.174 e. The maximum atomic E-state index is 8.64. The van der Waals surface area contributed by atoms with E-state index in [1.54, 1.807) is 0 Å². The Balaban J connectivity index is 1.90. The zero-order valence-electron chi connectivity index (χ0n) is 12.2. The van der Waals surface area contributed by atoms with Crippen molar-refractivity contribution >= 4 is 34.7 Å². The Morgan fingerprint density at radius 3 is 2.78 bits per heavy atom. The van der Waals surface area contributed by atoms with Gasteiger partial charge in [0.15, 0.2) is 6.61 Å². The fraction of sp³-hybridized carbons (Fsp3) is 0.0526. The molecule has 3 rings (SSSR count). The lowest BCUT2D eigenvalue weighted by Gasteiger charge is -2.05. The first-order valence-corrected chi connectivity index (χ1v) is 7.47. The molecule has 4 heteroatoms. The molecule has 0 N–H and O–H groups in total. The van der Waals surface area contributed by atoms with Crippen LogP contribution in [0.1, 0.15) is 11.3 Å². The predicted molar refractivity (Wildman–Crippen MR) is 93.2 cm³/mol. The van der Waals surface area contributed by atoms with E-state index in [9.17, 15) is 0 Å². The largest absolute Gasteiger partial charge is 0.478 e. The Morgan fingerprint density at radius 1 is 1.09 bits per heavy atom. The minimum absolute atomic E-state index is 0.0254. The SMILES string of the molecule is N#CCOc1ccccc1/C=C/c1ccc2ccc(Cl)cc2n1. The van der Waals surface area contributed by atoms with Crippen LogP contribution in [0.5, 0.6) is 5.75 Å². The zero-order valence-corrected chi connectivity index (χ0v) is 13.0. The second-order valence-corrected chi connectivity index (χ2v) is 5.33. The van der Waals surface area contributed by atoms with Crippen LogP contribution in [0.2, 0.25) is 5.02 Å². The van der Waals surface area contributed by atoms with Crippen LogP contribution < -0.4 is 4.74 Å². The molecule has 0 aliphatic rings. The first kappa shape index (κ1) is 15.1. The predicted octanol–water partition coefficient (Wildman–Crippen LogP) is 4.96. The van der Waals surface area contributed by atoms with Crippen LogP contribution in [-0.4, -0.2) is 11.6 Å². The highest BCUT2D eigenvalue weighted by Crippen LogP contribution is 2.22. The van der Waals surface area contributed by atoms with Gasteiger partial charge in [0.05, 0.1) is 11.2 Å². The quantitative estimate of drug-likeness (QED) is 0.682. The third-order valence-electron chi connectivity index (χ3n) is 3.32. The van der Waals surface area contributed by atoms with E-state index in [1.165, 1.54) is 0 Å². The second-order valence-electron chi connectivity index (χ2n) is 4.89. The van der Waals surface area contributed by atoms with E-state index in [4.69, 9.17) is 21.6 Å². The summed E-state index contributed by atoms with van der Waals surface area (Å²) in [6, 6.07) is 19.1. The third-order valence-corrected chi connectivity index (χ3v) is 3.56. The van der Waals surface area contributed by atoms with Crippen LogP contribution in [0.15, 0.2) is 54.6 Å². The molecule has 0 radical (unpaired) electrons. The molecule has 0 amide bonds. The summed E-state index contributed by atoms with van der Waals surface area (Å²) >= 11 is 6.01. The highest BCUT2D eigenvalue weighted by atomic mass is 35.5. The average molecular weight is 321 g/mol. The Labute approximate surface area is 139 Å². The number of rotatable bonds is 4. The molecule has 3 aromatic rings. The van der Waals surface area contributed by atoms with Gasteiger partial charge < -0.3 is 4.74 Å². The van der Waals surface area contributed by atoms with Crippen LogP contribution in [-0.2, 0) is 0 Å². The fourth-order valence-electron chi connectivity index (χ4n) is 2.23. The summed E-state index contributed by atoms with van der Waals surface area (Å²) in [5, 5.41) is 10.3. The molecule has 0 aliphatic heterocycles. The Kier molecular flexibility index (Phi) is 4.56. The summed E-state index contributed by atoms with van der Waals surface area (Å²) < 4.78 is 5.41. The standard InChI is InChI=1S/C19H13ClN2O/c20-16-8-5-14-6-9-17(22-18(14)13-16)10-7-15-3-1-2-4-19(15)23-12-11-21/h1-10,13H,12H2/b10-7+. The van der Waals surface area contributed by atoms with E-state index in [-0.39, 0.29) is 6.61 Å².